The van der Waals surface area contributed by atoms with Crippen LogP contribution in [0.2, 0.25) is 0 Å². The molecule has 4 N–H and O–H groups in total. The van der Waals surface area contributed by atoms with Gasteiger partial charge in [0.25, 0.3) is 0 Å². The van der Waals surface area contributed by atoms with E-state index in [9.17, 15) is 4.79 Å². The smallest absolute Gasteiger partial charge is 0.225 e. The largest absolute Gasteiger partial charge is 0.368 e. The van der Waals surface area contributed by atoms with E-state index in [2.05, 4.69) is 15.0 Å². The third-order valence-electron chi connectivity index (χ3n) is 1.65. The molecule has 0 aliphatic rings. The Balaban J connectivity index is 0.000000202. The molecule has 1 aromatic heterocycles. The van der Waals surface area contributed by atoms with Crippen LogP contribution >= 0.6 is 0 Å². The molecule has 17 heavy (non-hydrogen) atoms. The van der Waals surface area contributed by atoms with Gasteiger partial charge >= 0.3 is 0 Å². The van der Waals surface area contributed by atoms with Gasteiger partial charge in [0.15, 0.2) is 5.78 Å². The summed E-state index contributed by atoms with van der Waals surface area (Å²) in [5.74, 6) is -0.369. The number of nitrogens with zero attached hydrogens (tertiary/aromatic N) is 3. The van der Waals surface area contributed by atoms with Crippen molar-refractivity contribution in [3.05, 3.63) is 42.2 Å². The lowest BCUT2D eigenvalue weighted by Crippen LogP contribution is -2.09. The number of hydrogen-bond donors (Lipinski definition) is 2. The van der Waals surface area contributed by atoms with Crippen molar-refractivity contribution in [2.45, 2.75) is 6.92 Å². The molecule has 88 valence electrons. The van der Waals surface area contributed by atoms with Gasteiger partial charge in [-0.1, -0.05) is 36.4 Å². The van der Waals surface area contributed by atoms with E-state index in [0.717, 1.165) is 0 Å². The van der Waals surface area contributed by atoms with Gasteiger partial charge in [0.05, 0.1) is 0 Å². The number of ketones is 1. The first-order valence-corrected chi connectivity index (χ1v) is 4.87. The summed E-state index contributed by atoms with van der Waals surface area (Å²) >= 11 is 0. The molecule has 0 fully saturated rings. The summed E-state index contributed by atoms with van der Waals surface area (Å²) in [6.07, 6.45) is 0. The molecule has 0 atom stereocenters. The molecule has 0 aliphatic heterocycles. The van der Waals surface area contributed by atoms with Crippen LogP contribution in [0.5, 0.6) is 0 Å². The zero-order valence-corrected chi connectivity index (χ0v) is 9.37. The highest BCUT2D eigenvalue weighted by Gasteiger charge is 2.05. The molecule has 6 heteroatoms. The fraction of sp³-hybridized carbons (Fsp3) is 0.0909. The van der Waals surface area contributed by atoms with Crippen molar-refractivity contribution < 1.29 is 4.79 Å². The summed E-state index contributed by atoms with van der Waals surface area (Å²) in [6, 6.07) is 12.0. The van der Waals surface area contributed by atoms with Gasteiger partial charge in [0.1, 0.15) is 0 Å². The van der Waals surface area contributed by atoms with Crippen LogP contribution in [0, 0.1) is 0 Å². The van der Waals surface area contributed by atoms with Gasteiger partial charge in [-0.2, -0.15) is 15.0 Å². The lowest BCUT2D eigenvalue weighted by Gasteiger charge is -1.96. The van der Waals surface area contributed by atoms with E-state index in [1.165, 1.54) is 6.92 Å². The number of benzene rings is 1. The van der Waals surface area contributed by atoms with Crippen molar-refractivity contribution in [3.8, 4) is 0 Å². The molecule has 0 unspecified atom stereocenters. The number of carbonyl (C=O) groups excluding carboxylic acids is 1. The molecule has 0 spiro atoms. The SMILES string of the molecule is CC(=O)c1nc(N)nc(N)n1.c1ccccc1. The topological polar surface area (TPSA) is 108 Å². The van der Waals surface area contributed by atoms with Gasteiger partial charge in [0, 0.05) is 6.92 Å². The van der Waals surface area contributed by atoms with Crippen LogP contribution in [0.4, 0.5) is 11.9 Å². The van der Waals surface area contributed by atoms with Crippen molar-refractivity contribution in [2.24, 2.45) is 0 Å². The van der Waals surface area contributed by atoms with Crippen LogP contribution in [-0.4, -0.2) is 20.7 Å². The maximum Gasteiger partial charge on any atom is 0.225 e. The van der Waals surface area contributed by atoms with E-state index in [4.69, 9.17) is 11.5 Å². The van der Waals surface area contributed by atoms with E-state index in [0.29, 0.717) is 0 Å². The van der Waals surface area contributed by atoms with Gasteiger partial charge < -0.3 is 11.5 Å². The van der Waals surface area contributed by atoms with Crippen molar-refractivity contribution in [2.75, 3.05) is 11.5 Å². The Kier molecular flexibility index (Phi) is 4.56. The van der Waals surface area contributed by atoms with Crippen LogP contribution in [0.1, 0.15) is 17.5 Å². The highest BCUT2D eigenvalue weighted by atomic mass is 16.1. The number of nitrogen functional groups attached to an aromatic ring is 2. The van der Waals surface area contributed by atoms with Crippen LogP contribution in [0.3, 0.4) is 0 Å². The minimum Gasteiger partial charge on any atom is -0.368 e. The molecule has 1 aromatic carbocycles. The molecule has 0 saturated carbocycles. The lowest BCUT2D eigenvalue weighted by molar-refractivity contribution is 0.100. The summed E-state index contributed by atoms with van der Waals surface area (Å²) < 4.78 is 0. The third-order valence-corrected chi connectivity index (χ3v) is 1.65. The van der Waals surface area contributed by atoms with Crippen molar-refractivity contribution >= 4 is 17.7 Å². The second-order valence-corrected chi connectivity index (χ2v) is 3.09. The maximum atomic E-state index is 10.7. The molecular formula is C11H13N5O. The van der Waals surface area contributed by atoms with Gasteiger partial charge in [-0.05, 0) is 0 Å². The number of anilines is 2. The number of nitrogens with two attached hydrogens (primary N) is 2. The Labute approximate surface area is 98.7 Å². The van der Waals surface area contributed by atoms with E-state index < -0.39 is 0 Å². The minimum atomic E-state index is -0.286. The van der Waals surface area contributed by atoms with Gasteiger partial charge in [-0.3, -0.25) is 4.79 Å². The Morgan fingerprint density at radius 2 is 1.24 bits per heavy atom. The second kappa shape index (κ2) is 6.16. The summed E-state index contributed by atoms with van der Waals surface area (Å²) in [5, 5.41) is 0. The molecular weight excluding hydrogens is 218 g/mol. The minimum absolute atomic E-state index is 0.00463. The summed E-state index contributed by atoms with van der Waals surface area (Å²) in [7, 11) is 0. The molecule has 0 aliphatic carbocycles. The Bertz CT molecular complexity index is 440. The molecule has 6 nitrogen and oxygen atoms in total. The van der Waals surface area contributed by atoms with Gasteiger partial charge in [-0.25, -0.2) is 0 Å². The van der Waals surface area contributed by atoms with Crippen LogP contribution in [0.25, 0.3) is 0 Å². The molecule has 1 heterocycles. The number of Topliss-reactive ketones (excluding diaryl/α,β-unsaturated/α-hetero) is 1. The Morgan fingerprint density at radius 1 is 0.882 bits per heavy atom. The van der Waals surface area contributed by atoms with Gasteiger partial charge in [0.2, 0.25) is 17.7 Å². The summed E-state index contributed by atoms with van der Waals surface area (Å²) in [4.78, 5) is 21.3. The third kappa shape index (κ3) is 4.70. The first-order valence-electron chi connectivity index (χ1n) is 4.87. The Hall–Kier alpha value is -2.50. The predicted octanol–water partition coefficient (Wildman–Crippen LogP) is 0.925. The fourth-order valence-corrected chi connectivity index (χ4v) is 0.952. The normalized spacial score (nSPS) is 9.00. The summed E-state index contributed by atoms with van der Waals surface area (Å²) in [5.41, 5.74) is 10.4. The zero-order valence-electron chi connectivity index (χ0n) is 9.37. The molecule has 2 rings (SSSR count). The number of aromatic nitrogens is 3. The van der Waals surface area contributed by atoms with Crippen LogP contribution in [0.15, 0.2) is 36.4 Å². The van der Waals surface area contributed by atoms with Crippen molar-refractivity contribution in [1.82, 2.24) is 15.0 Å². The zero-order chi connectivity index (χ0) is 12.7. The van der Waals surface area contributed by atoms with Crippen molar-refractivity contribution in [3.63, 3.8) is 0 Å². The van der Waals surface area contributed by atoms with Crippen LogP contribution < -0.4 is 11.5 Å². The second-order valence-electron chi connectivity index (χ2n) is 3.09. The highest BCUT2D eigenvalue weighted by Crippen LogP contribution is 1.98. The first kappa shape index (κ1) is 12.6. The van der Waals surface area contributed by atoms with Crippen molar-refractivity contribution in [1.29, 1.82) is 0 Å². The quantitative estimate of drug-likeness (QED) is 0.707. The lowest BCUT2D eigenvalue weighted by atomic mass is 10.4. The average Bonchev–Trinajstić information content (AvgIpc) is 2.31. The average molecular weight is 231 g/mol. The monoisotopic (exact) mass is 231 g/mol. The fourth-order valence-electron chi connectivity index (χ4n) is 0.952. The van der Waals surface area contributed by atoms with E-state index in [1.54, 1.807) is 0 Å². The van der Waals surface area contributed by atoms with E-state index in [-0.39, 0.29) is 23.5 Å². The molecule has 0 radical (unpaired) electrons. The number of hydrogen-bond acceptors (Lipinski definition) is 6. The molecule has 2 aromatic rings. The summed E-state index contributed by atoms with van der Waals surface area (Å²) in [6.45, 7) is 1.33. The standard InChI is InChI=1S/C6H6.C5H7N5O/c1-2-4-6-5-3-1;1-2(11)3-8-4(6)10-5(7)9-3/h1-6H;1H3,(H4,6,7,8,9,10). The number of rotatable bonds is 1. The van der Waals surface area contributed by atoms with E-state index in [1.807, 2.05) is 36.4 Å². The number of carbonyl (C=O) groups is 1. The predicted molar refractivity (Wildman–Crippen MR) is 65.1 cm³/mol. The molecule has 0 bridgehead atoms. The molecule has 0 saturated heterocycles. The highest BCUT2D eigenvalue weighted by molar-refractivity contribution is 5.90. The molecule has 0 amide bonds. The maximum absolute atomic E-state index is 10.7. The van der Waals surface area contributed by atoms with Crippen LogP contribution in [-0.2, 0) is 0 Å². The Morgan fingerprint density at radius 3 is 1.53 bits per heavy atom. The first-order chi connectivity index (χ1) is 8.09. The van der Waals surface area contributed by atoms with E-state index >= 15 is 0 Å². The van der Waals surface area contributed by atoms with Gasteiger partial charge in [-0.15, -0.1) is 0 Å².